The molecule has 25 heavy (non-hydrogen) atoms. The van der Waals surface area contributed by atoms with Gasteiger partial charge in [0.25, 0.3) is 0 Å². The second-order valence-electron chi connectivity index (χ2n) is 5.93. The van der Waals surface area contributed by atoms with Gasteiger partial charge in [-0.05, 0) is 6.42 Å². The Morgan fingerprint density at radius 3 is 3.04 bits per heavy atom. The predicted octanol–water partition coefficient (Wildman–Crippen LogP) is -1.28. The van der Waals surface area contributed by atoms with Crippen molar-refractivity contribution in [3.8, 4) is 0 Å². The first-order chi connectivity index (χ1) is 11.9. The molecule has 2 aliphatic rings. The molecule has 3 heterocycles. The maximum atomic E-state index is 12.4. The maximum absolute atomic E-state index is 12.4. The van der Waals surface area contributed by atoms with Crippen LogP contribution in [0.15, 0.2) is 9.79 Å². The van der Waals surface area contributed by atoms with Crippen LogP contribution in [-0.2, 0) is 16.0 Å². The lowest BCUT2D eigenvalue weighted by Gasteiger charge is -2.30. The minimum absolute atomic E-state index is 0.139. The highest BCUT2D eigenvalue weighted by molar-refractivity contribution is 7.09. The van der Waals surface area contributed by atoms with Crippen molar-refractivity contribution in [1.82, 2.24) is 9.88 Å². The Morgan fingerprint density at radius 2 is 2.36 bits per heavy atom. The van der Waals surface area contributed by atoms with Crippen LogP contribution in [-0.4, -0.2) is 57.1 Å². The minimum Gasteiger partial charge on any atom is -0.393 e. The fraction of sp³-hybridized carbons (Fsp3) is 0.714. The average molecular weight is 374 g/mol. The van der Waals surface area contributed by atoms with Crippen molar-refractivity contribution >= 4 is 23.1 Å². The molecule has 11 heteroatoms. The number of thiazole rings is 1. The molecular formula is C14H22N4O6S. The minimum atomic E-state index is -2.12. The number of nitrogens with two attached hydrogens (primary N) is 1. The summed E-state index contributed by atoms with van der Waals surface area (Å²) in [6, 6.07) is 0. The number of aliphatic hydroxyl groups is 3. The Balaban J connectivity index is 1.95. The van der Waals surface area contributed by atoms with E-state index in [1.807, 2.05) is 6.92 Å². The molecule has 4 atom stereocenters. The van der Waals surface area contributed by atoms with Gasteiger partial charge in [-0.25, -0.2) is 0 Å². The fourth-order valence-electron chi connectivity index (χ4n) is 2.87. The third kappa shape index (κ3) is 3.07. The van der Waals surface area contributed by atoms with E-state index >= 15 is 0 Å². The Labute approximate surface area is 147 Å². The predicted molar refractivity (Wildman–Crippen MR) is 89.5 cm³/mol. The Bertz CT molecular complexity index is 719. The largest absolute Gasteiger partial charge is 0.393 e. The summed E-state index contributed by atoms with van der Waals surface area (Å²) in [5.74, 6) is -1.71. The topological polar surface area (TPSA) is 152 Å². The zero-order chi connectivity index (χ0) is 18.2. The van der Waals surface area contributed by atoms with E-state index in [1.165, 1.54) is 0 Å². The summed E-state index contributed by atoms with van der Waals surface area (Å²) in [6.07, 6.45) is -2.53. The van der Waals surface area contributed by atoms with Gasteiger partial charge >= 0.3 is 4.87 Å². The van der Waals surface area contributed by atoms with Crippen LogP contribution in [0.3, 0.4) is 0 Å². The highest BCUT2D eigenvalue weighted by Gasteiger charge is 2.58. The number of guanidine groups is 1. The monoisotopic (exact) mass is 374 g/mol. The number of fused-ring (bicyclic) bond motifs is 1. The lowest BCUT2D eigenvalue weighted by molar-refractivity contribution is -0.266. The normalized spacial score (nSPS) is 31.5. The molecular weight excluding hydrogens is 352 g/mol. The molecule has 0 aliphatic carbocycles. The molecule has 140 valence electrons. The van der Waals surface area contributed by atoms with E-state index < -0.39 is 35.7 Å². The van der Waals surface area contributed by atoms with Crippen LogP contribution in [0.1, 0.15) is 30.9 Å². The van der Waals surface area contributed by atoms with E-state index in [4.69, 9.17) is 15.2 Å². The van der Waals surface area contributed by atoms with Gasteiger partial charge in [-0.2, -0.15) is 4.99 Å². The summed E-state index contributed by atoms with van der Waals surface area (Å²) in [7, 11) is 0. The van der Waals surface area contributed by atoms with Crippen molar-refractivity contribution in [2.24, 2.45) is 10.7 Å². The van der Waals surface area contributed by atoms with Crippen molar-refractivity contribution in [3.63, 3.8) is 0 Å². The van der Waals surface area contributed by atoms with E-state index in [0.29, 0.717) is 17.8 Å². The molecule has 0 unspecified atom stereocenters. The van der Waals surface area contributed by atoms with Gasteiger partial charge in [0.2, 0.25) is 5.79 Å². The number of nitrogens with zero attached hydrogens (tertiary/aromatic N) is 2. The second kappa shape index (κ2) is 7.02. The first-order valence-electron chi connectivity index (χ1n) is 8.05. The van der Waals surface area contributed by atoms with Crippen molar-refractivity contribution in [1.29, 1.82) is 0 Å². The zero-order valence-corrected chi connectivity index (χ0v) is 14.5. The van der Waals surface area contributed by atoms with Crippen LogP contribution < -0.4 is 15.9 Å². The van der Waals surface area contributed by atoms with Gasteiger partial charge in [0, 0.05) is 0 Å². The molecule has 10 nitrogen and oxygen atoms in total. The number of aliphatic imine (C=N–C) groups is 1. The standard InChI is InChI=1S/C14H22N4O6S/c1-2-3-4-23-14(22)8(6-19)24-11(9(14)20)18-10-7(25-13(18)21)5-16-12(15)17-10/h8-9,11,19-20,22H,2-6H2,1H3,(H3,15,16,17)/t8-,9+,11-,14+/m1/s1. The number of nitrogens with one attached hydrogen (secondary N) is 1. The first-order valence-corrected chi connectivity index (χ1v) is 8.87. The molecule has 2 aliphatic heterocycles. The summed E-state index contributed by atoms with van der Waals surface area (Å²) < 4.78 is 12.1. The Hall–Kier alpha value is -1.50. The molecule has 0 aromatic carbocycles. The Kier molecular flexibility index (Phi) is 5.14. The van der Waals surface area contributed by atoms with E-state index in [0.717, 1.165) is 22.3 Å². The molecule has 3 rings (SSSR count). The lowest BCUT2D eigenvalue weighted by Crippen LogP contribution is -2.51. The molecule has 0 radical (unpaired) electrons. The number of aliphatic hydroxyl groups excluding tert-OH is 2. The van der Waals surface area contributed by atoms with Gasteiger partial charge < -0.3 is 35.8 Å². The van der Waals surface area contributed by atoms with Gasteiger partial charge in [-0.3, -0.25) is 9.36 Å². The van der Waals surface area contributed by atoms with Gasteiger partial charge in [-0.15, -0.1) is 0 Å². The van der Waals surface area contributed by atoms with Crippen LogP contribution in [0.5, 0.6) is 0 Å². The highest BCUT2D eigenvalue weighted by Crippen LogP contribution is 2.40. The summed E-state index contributed by atoms with van der Waals surface area (Å²) in [4.78, 5) is 16.7. The molecule has 1 fully saturated rings. The molecule has 1 saturated heterocycles. The number of rotatable bonds is 6. The van der Waals surface area contributed by atoms with Crippen LogP contribution in [0.4, 0.5) is 5.82 Å². The van der Waals surface area contributed by atoms with Gasteiger partial charge in [0.15, 0.2) is 24.1 Å². The van der Waals surface area contributed by atoms with E-state index in [2.05, 4.69) is 10.3 Å². The average Bonchev–Trinajstić information content (AvgIpc) is 3.02. The summed E-state index contributed by atoms with van der Waals surface area (Å²) in [5.41, 5.74) is 5.66. The first kappa shape index (κ1) is 18.3. The number of aromatic nitrogens is 1. The summed E-state index contributed by atoms with van der Waals surface area (Å²) in [5, 5.41) is 33.7. The number of hydrogen-bond acceptors (Lipinski definition) is 10. The van der Waals surface area contributed by atoms with Crippen molar-refractivity contribution in [2.75, 3.05) is 13.2 Å². The zero-order valence-electron chi connectivity index (χ0n) is 13.7. The Morgan fingerprint density at radius 1 is 1.60 bits per heavy atom. The van der Waals surface area contributed by atoms with E-state index in [1.54, 1.807) is 0 Å². The second-order valence-corrected chi connectivity index (χ2v) is 6.98. The number of hydrogen-bond donors (Lipinski definition) is 5. The number of ether oxygens (including phenoxy) is 2. The quantitative estimate of drug-likeness (QED) is 0.305. The van der Waals surface area contributed by atoms with E-state index in [-0.39, 0.29) is 18.4 Å². The lowest BCUT2D eigenvalue weighted by atomic mass is 10.1. The van der Waals surface area contributed by atoms with Crippen molar-refractivity contribution in [2.45, 2.75) is 50.5 Å². The fourth-order valence-corrected chi connectivity index (χ4v) is 3.75. The van der Waals surface area contributed by atoms with Crippen LogP contribution in [0.2, 0.25) is 0 Å². The van der Waals surface area contributed by atoms with Gasteiger partial charge in [0.05, 0.1) is 24.6 Å². The highest BCUT2D eigenvalue weighted by atomic mass is 32.1. The molecule has 0 spiro atoms. The third-order valence-corrected chi connectivity index (χ3v) is 5.20. The van der Waals surface area contributed by atoms with Crippen LogP contribution in [0, 0.1) is 0 Å². The van der Waals surface area contributed by atoms with Crippen molar-refractivity contribution in [3.05, 3.63) is 14.5 Å². The third-order valence-electron chi connectivity index (χ3n) is 4.25. The molecule has 0 saturated carbocycles. The van der Waals surface area contributed by atoms with Gasteiger partial charge in [0.1, 0.15) is 6.10 Å². The van der Waals surface area contributed by atoms with E-state index in [9.17, 15) is 20.1 Å². The smallest absolute Gasteiger partial charge is 0.311 e. The van der Waals surface area contributed by atoms with Crippen LogP contribution >= 0.6 is 11.3 Å². The SMILES string of the molecule is CCCCO[C@@]1(O)[C@@H](CO)O[C@@H](n2c3c(sc2=O)CNC(N)=N3)[C@@H]1O. The summed E-state index contributed by atoms with van der Waals surface area (Å²) in [6.45, 7) is 1.89. The molecule has 1 aromatic heterocycles. The molecule has 0 amide bonds. The maximum Gasteiger partial charge on any atom is 0.311 e. The molecule has 6 N–H and O–H groups in total. The van der Waals surface area contributed by atoms with Crippen LogP contribution in [0.25, 0.3) is 0 Å². The summed E-state index contributed by atoms with van der Waals surface area (Å²) >= 11 is 0.944. The van der Waals surface area contributed by atoms with Crippen molar-refractivity contribution < 1.29 is 24.8 Å². The number of unbranched alkanes of at least 4 members (excludes halogenated alkanes) is 1. The van der Waals surface area contributed by atoms with Gasteiger partial charge in [-0.1, -0.05) is 24.7 Å². The molecule has 1 aromatic rings. The molecule has 0 bridgehead atoms.